The maximum absolute atomic E-state index is 13.4. The number of aromatic amines is 1. The number of fused-ring (bicyclic) bond motifs is 1. The minimum Gasteiger partial charge on any atom is -0.494 e. The lowest BCUT2D eigenvalue weighted by molar-refractivity contribution is -0.116. The average Bonchev–Trinajstić information content (AvgIpc) is 3.13. The number of halogens is 1. The lowest BCUT2D eigenvalue weighted by Crippen LogP contribution is -2.23. The van der Waals surface area contributed by atoms with Crippen molar-refractivity contribution in [2.75, 3.05) is 26.0 Å². The van der Waals surface area contributed by atoms with E-state index in [0.717, 1.165) is 40.2 Å². The Kier molecular flexibility index (Phi) is 5.55. The van der Waals surface area contributed by atoms with Gasteiger partial charge in [0.2, 0.25) is 5.91 Å². The highest BCUT2D eigenvalue weighted by atomic mass is 19.1. The van der Waals surface area contributed by atoms with Gasteiger partial charge in [0, 0.05) is 35.6 Å². The number of anilines is 1. The Labute approximate surface area is 175 Å². The quantitative estimate of drug-likeness (QED) is 0.643. The van der Waals surface area contributed by atoms with Gasteiger partial charge in [0.15, 0.2) is 5.82 Å². The minimum atomic E-state index is -0.295. The zero-order valence-corrected chi connectivity index (χ0v) is 17.3. The van der Waals surface area contributed by atoms with E-state index in [1.807, 2.05) is 33.2 Å². The van der Waals surface area contributed by atoms with Gasteiger partial charge < -0.3 is 15.0 Å². The van der Waals surface area contributed by atoms with Crippen LogP contribution in [0.4, 0.5) is 10.2 Å². The summed E-state index contributed by atoms with van der Waals surface area (Å²) < 4.78 is 19.2. The molecule has 2 N–H and O–H groups in total. The van der Waals surface area contributed by atoms with E-state index in [-0.39, 0.29) is 17.6 Å². The van der Waals surface area contributed by atoms with Crippen LogP contribution in [0.2, 0.25) is 0 Å². The van der Waals surface area contributed by atoms with Crippen molar-refractivity contribution in [3.05, 3.63) is 65.0 Å². The molecule has 3 aromatic rings. The van der Waals surface area contributed by atoms with Crippen LogP contribution >= 0.6 is 0 Å². The summed E-state index contributed by atoms with van der Waals surface area (Å²) in [5.41, 5.74) is 4.62. The molecular formula is C23H25FN4O2. The maximum atomic E-state index is 13.4. The van der Waals surface area contributed by atoms with Gasteiger partial charge in [0.1, 0.15) is 11.6 Å². The fraction of sp³-hybridized carbons (Fsp3) is 0.304. The SMILES string of the molecule is CCOc1ccc(C2CC(=O)Nc3n[nH]c(-c4ccc(F)cc4)c32)cc1CN(C)C. The Hall–Kier alpha value is -3.19. The van der Waals surface area contributed by atoms with Gasteiger partial charge in [-0.1, -0.05) is 12.1 Å². The van der Waals surface area contributed by atoms with Crippen LogP contribution in [0.3, 0.4) is 0 Å². The van der Waals surface area contributed by atoms with Crippen LogP contribution in [-0.4, -0.2) is 41.7 Å². The predicted molar refractivity (Wildman–Crippen MR) is 114 cm³/mol. The van der Waals surface area contributed by atoms with E-state index in [0.29, 0.717) is 18.8 Å². The van der Waals surface area contributed by atoms with Gasteiger partial charge in [0.05, 0.1) is 12.3 Å². The number of benzene rings is 2. The van der Waals surface area contributed by atoms with E-state index in [4.69, 9.17) is 4.74 Å². The maximum Gasteiger partial charge on any atom is 0.226 e. The van der Waals surface area contributed by atoms with Crippen molar-refractivity contribution in [1.82, 2.24) is 15.1 Å². The average molecular weight is 408 g/mol. The van der Waals surface area contributed by atoms with Crippen molar-refractivity contribution in [2.24, 2.45) is 0 Å². The van der Waals surface area contributed by atoms with Crippen LogP contribution in [0.15, 0.2) is 42.5 Å². The molecule has 0 bridgehead atoms. The molecule has 156 valence electrons. The summed E-state index contributed by atoms with van der Waals surface area (Å²) in [6.07, 6.45) is 0.316. The van der Waals surface area contributed by atoms with Crippen LogP contribution < -0.4 is 10.1 Å². The third-order valence-corrected chi connectivity index (χ3v) is 5.21. The summed E-state index contributed by atoms with van der Waals surface area (Å²) in [6, 6.07) is 12.4. The minimum absolute atomic E-state index is 0.0762. The van der Waals surface area contributed by atoms with Crippen LogP contribution in [-0.2, 0) is 11.3 Å². The zero-order valence-electron chi connectivity index (χ0n) is 17.3. The molecule has 0 fully saturated rings. The number of nitrogens with zero attached hydrogens (tertiary/aromatic N) is 2. The van der Waals surface area contributed by atoms with E-state index in [1.54, 1.807) is 12.1 Å². The highest BCUT2D eigenvalue weighted by Gasteiger charge is 2.32. The molecule has 0 saturated carbocycles. The molecule has 1 amide bonds. The number of rotatable bonds is 6. The topological polar surface area (TPSA) is 70.2 Å². The monoisotopic (exact) mass is 408 g/mol. The fourth-order valence-electron chi connectivity index (χ4n) is 3.95. The van der Waals surface area contributed by atoms with Gasteiger partial charge in [-0.15, -0.1) is 0 Å². The normalized spacial score (nSPS) is 15.8. The van der Waals surface area contributed by atoms with Crippen LogP contribution in [0.25, 0.3) is 11.3 Å². The second-order valence-electron chi connectivity index (χ2n) is 7.71. The van der Waals surface area contributed by atoms with Crippen molar-refractivity contribution in [3.63, 3.8) is 0 Å². The van der Waals surface area contributed by atoms with Crippen molar-refractivity contribution in [1.29, 1.82) is 0 Å². The first kappa shape index (κ1) is 20.1. The van der Waals surface area contributed by atoms with Crippen molar-refractivity contribution < 1.29 is 13.9 Å². The summed E-state index contributed by atoms with van der Waals surface area (Å²) >= 11 is 0. The van der Waals surface area contributed by atoms with E-state index in [9.17, 15) is 9.18 Å². The second-order valence-corrected chi connectivity index (χ2v) is 7.71. The van der Waals surface area contributed by atoms with Crippen LogP contribution in [0, 0.1) is 5.82 Å². The van der Waals surface area contributed by atoms with E-state index >= 15 is 0 Å². The number of amides is 1. The standard InChI is InChI=1S/C23H25FN4O2/c1-4-30-19-10-7-15(11-16(19)13-28(2)3)18-12-20(29)25-23-21(18)22(26-27-23)14-5-8-17(24)9-6-14/h5-11,18H,4,12-13H2,1-3H3,(H2,25,26,27,29). The molecule has 4 rings (SSSR count). The molecule has 6 nitrogen and oxygen atoms in total. The Morgan fingerprint density at radius 3 is 2.67 bits per heavy atom. The van der Waals surface area contributed by atoms with E-state index in [1.165, 1.54) is 12.1 Å². The van der Waals surface area contributed by atoms with Gasteiger partial charge in [-0.2, -0.15) is 5.10 Å². The van der Waals surface area contributed by atoms with Gasteiger partial charge in [-0.25, -0.2) is 4.39 Å². The Balaban J connectivity index is 1.80. The molecule has 1 aliphatic rings. The molecular weight excluding hydrogens is 383 g/mol. The Morgan fingerprint density at radius 2 is 1.97 bits per heavy atom. The summed E-state index contributed by atoms with van der Waals surface area (Å²) in [7, 11) is 4.02. The zero-order chi connectivity index (χ0) is 21.3. The van der Waals surface area contributed by atoms with Crippen LogP contribution in [0.1, 0.15) is 36.0 Å². The first-order chi connectivity index (χ1) is 14.5. The highest BCUT2D eigenvalue weighted by molar-refractivity contribution is 5.96. The summed E-state index contributed by atoms with van der Waals surface area (Å²) in [6.45, 7) is 3.28. The Morgan fingerprint density at radius 1 is 1.20 bits per heavy atom. The van der Waals surface area contributed by atoms with E-state index < -0.39 is 0 Å². The summed E-state index contributed by atoms with van der Waals surface area (Å²) in [4.78, 5) is 14.5. The molecule has 1 aliphatic heterocycles. The number of H-pyrrole nitrogens is 1. The summed E-state index contributed by atoms with van der Waals surface area (Å²) in [5.74, 6) is 0.841. The molecule has 2 heterocycles. The van der Waals surface area contributed by atoms with Crippen molar-refractivity contribution >= 4 is 11.7 Å². The molecule has 0 saturated heterocycles. The number of hydrogen-bond donors (Lipinski definition) is 2. The number of nitrogens with one attached hydrogen (secondary N) is 2. The molecule has 1 aromatic heterocycles. The molecule has 30 heavy (non-hydrogen) atoms. The van der Waals surface area contributed by atoms with Crippen molar-refractivity contribution in [3.8, 4) is 17.0 Å². The van der Waals surface area contributed by atoms with Crippen molar-refractivity contribution in [2.45, 2.75) is 25.8 Å². The smallest absolute Gasteiger partial charge is 0.226 e. The molecule has 7 heteroatoms. The lowest BCUT2D eigenvalue weighted by Gasteiger charge is -2.25. The predicted octanol–water partition coefficient (Wildman–Crippen LogP) is 4.15. The third-order valence-electron chi connectivity index (χ3n) is 5.21. The number of carbonyl (C=O) groups excluding carboxylic acids is 1. The molecule has 0 spiro atoms. The molecule has 1 unspecified atom stereocenters. The lowest BCUT2D eigenvalue weighted by atomic mass is 9.83. The number of ether oxygens (including phenoxy) is 1. The molecule has 1 atom stereocenters. The molecule has 0 radical (unpaired) electrons. The fourth-order valence-corrected chi connectivity index (χ4v) is 3.95. The van der Waals surface area contributed by atoms with Gasteiger partial charge in [-0.3, -0.25) is 9.89 Å². The molecule has 2 aromatic carbocycles. The largest absolute Gasteiger partial charge is 0.494 e. The number of hydrogen-bond acceptors (Lipinski definition) is 4. The Bertz CT molecular complexity index is 1060. The highest BCUT2D eigenvalue weighted by Crippen LogP contribution is 2.42. The molecule has 0 aliphatic carbocycles. The first-order valence-corrected chi connectivity index (χ1v) is 10.0. The number of aromatic nitrogens is 2. The van der Waals surface area contributed by atoms with Gasteiger partial charge >= 0.3 is 0 Å². The summed E-state index contributed by atoms with van der Waals surface area (Å²) in [5, 5.41) is 10.2. The second kappa shape index (κ2) is 8.28. The van der Waals surface area contributed by atoms with E-state index in [2.05, 4.69) is 26.5 Å². The van der Waals surface area contributed by atoms with Crippen LogP contribution in [0.5, 0.6) is 5.75 Å². The van der Waals surface area contributed by atoms with Gasteiger partial charge in [-0.05, 0) is 56.9 Å². The third kappa shape index (κ3) is 3.93. The number of carbonyl (C=O) groups is 1. The first-order valence-electron chi connectivity index (χ1n) is 10.0. The van der Waals surface area contributed by atoms with Gasteiger partial charge in [0.25, 0.3) is 0 Å².